The Labute approximate surface area is 290 Å². The molecule has 1 amide bonds. The summed E-state index contributed by atoms with van der Waals surface area (Å²) in [7, 11) is -0.268. The number of nitrogens with one attached hydrogen (secondary N) is 1. The number of likely N-dealkylation sites (N-methyl/N-ethyl adjacent to an activating group) is 1. The Bertz CT molecular complexity index is 1590. The van der Waals surface area contributed by atoms with Gasteiger partial charge in [-0.3, -0.25) is 14.4 Å². The fraction of sp³-hybridized carbons (Fsp3) is 0.472. The van der Waals surface area contributed by atoms with Gasteiger partial charge in [0.05, 0.1) is 42.4 Å². The number of nitrogens with zero attached hydrogens (tertiary/aromatic N) is 2. The molecule has 0 bridgehead atoms. The van der Waals surface area contributed by atoms with E-state index in [-0.39, 0.29) is 46.8 Å². The van der Waals surface area contributed by atoms with Gasteiger partial charge in [0.1, 0.15) is 11.5 Å². The molecule has 0 saturated heterocycles. The van der Waals surface area contributed by atoms with Gasteiger partial charge in [-0.05, 0) is 100 Å². The number of aliphatic hydroxyl groups excluding tert-OH is 1. The Morgan fingerprint density at radius 3 is 2.46 bits per heavy atom. The molecule has 0 unspecified atom stereocenters. The quantitative estimate of drug-likeness (QED) is 0.262. The highest BCUT2D eigenvalue weighted by molar-refractivity contribution is 7.92. The van der Waals surface area contributed by atoms with Gasteiger partial charge >= 0.3 is 0 Å². The van der Waals surface area contributed by atoms with Gasteiger partial charge in [0.2, 0.25) is 0 Å². The first-order valence-corrected chi connectivity index (χ1v) is 18.2. The summed E-state index contributed by atoms with van der Waals surface area (Å²) in [5, 5.41) is 10.7. The number of fused-ring (bicyclic) bond motifs is 1. The summed E-state index contributed by atoms with van der Waals surface area (Å²) in [6.07, 6.45) is 2.08. The fourth-order valence-electron chi connectivity index (χ4n) is 5.69. The lowest BCUT2D eigenvalue weighted by Gasteiger charge is -2.36. The Morgan fingerprint density at radius 2 is 1.79 bits per heavy atom. The maximum Gasteiger partial charge on any atom is 0.261 e. The molecule has 3 aromatic carbocycles. The lowest BCUT2D eigenvalue weighted by Crippen LogP contribution is -2.47. The van der Waals surface area contributed by atoms with E-state index in [0.29, 0.717) is 37.0 Å². The van der Waals surface area contributed by atoms with Crippen LogP contribution in [0.1, 0.15) is 56.0 Å². The van der Waals surface area contributed by atoms with Crippen molar-refractivity contribution in [3.63, 3.8) is 0 Å². The van der Waals surface area contributed by atoms with E-state index in [1.165, 1.54) is 30.3 Å². The Kier molecular flexibility index (Phi) is 13.5. The highest BCUT2D eigenvalue weighted by Gasteiger charge is 2.30. The molecule has 2 N–H and O–H groups in total. The second-order valence-corrected chi connectivity index (χ2v) is 14.7. The molecule has 0 spiro atoms. The summed E-state index contributed by atoms with van der Waals surface area (Å²) >= 11 is 5.96. The third kappa shape index (κ3) is 10.3. The van der Waals surface area contributed by atoms with Crippen LogP contribution < -0.4 is 14.2 Å². The number of aliphatic hydroxyl groups is 1. The van der Waals surface area contributed by atoms with E-state index in [9.17, 15) is 18.3 Å². The second-order valence-electron chi connectivity index (χ2n) is 12.6. The monoisotopic (exact) mass is 701 g/mol. The Morgan fingerprint density at radius 1 is 1.08 bits per heavy atom. The Balaban J connectivity index is 1.62. The summed E-state index contributed by atoms with van der Waals surface area (Å²) in [6, 6.07) is 18.0. The van der Waals surface area contributed by atoms with Crippen LogP contribution in [0.2, 0.25) is 5.02 Å². The van der Waals surface area contributed by atoms with Crippen molar-refractivity contribution in [1.82, 2.24) is 9.80 Å². The lowest BCUT2D eigenvalue weighted by atomic mass is 10.0. The van der Waals surface area contributed by atoms with Crippen LogP contribution in [-0.4, -0.2) is 87.9 Å². The number of ether oxygens (including phenoxy) is 3. The number of methoxy groups -OCH3 is 1. The van der Waals surface area contributed by atoms with Crippen molar-refractivity contribution in [2.75, 3.05) is 45.2 Å². The molecular weight excluding hydrogens is 654 g/mol. The van der Waals surface area contributed by atoms with Gasteiger partial charge in [-0.2, -0.15) is 0 Å². The van der Waals surface area contributed by atoms with Crippen LogP contribution in [0.5, 0.6) is 11.5 Å². The number of carbonyl (C=O) groups is 1. The predicted octanol–water partition coefficient (Wildman–Crippen LogP) is 6.08. The third-order valence-corrected chi connectivity index (χ3v) is 10.2. The van der Waals surface area contributed by atoms with Crippen molar-refractivity contribution in [2.24, 2.45) is 5.92 Å². The third-order valence-electron chi connectivity index (χ3n) is 8.53. The van der Waals surface area contributed by atoms with Gasteiger partial charge in [0, 0.05) is 42.9 Å². The number of carbonyl (C=O) groups excluding carboxylic acids is 1. The molecule has 262 valence electrons. The minimum absolute atomic E-state index is 0.0375. The van der Waals surface area contributed by atoms with Crippen LogP contribution in [0.25, 0.3) is 0 Å². The highest BCUT2D eigenvalue weighted by Crippen LogP contribution is 2.30. The van der Waals surface area contributed by atoms with E-state index in [0.717, 1.165) is 30.6 Å². The van der Waals surface area contributed by atoms with Crippen molar-refractivity contribution in [3.8, 4) is 11.5 Å². The Hall–Kier alpha value is -3.35. The number of rotatable bonds is 10. The van der Waals surface area contributed by atoms with E-state index < -0.39 is 16.1 Å². The SMILES string of the molecule is COc1ccc(CN(C)C[C@H]2OCCCC[C@H](C)Oc3ccc(NS(=O)(=O)c4ccc(Cl)cc4)cc3C(=O)N([C@@H](C)CO)C[C@@H]2C)cc1. The molecule has 0 aliphatic carbocycles. The summed E-state index contributed by atoms with van der Waals surface area (Å²) in [4.78, 5) is 18.3. The molecular formula is C36H48ClN3O7S. The molecule has 0 fully saturated rings. The topological polar surface area (TPSA) is 118 Å². The van der Waals surface area contributed by atoms with Crippen LogP contribution in [0, 0.1) is 5.92 Å². The van der Waals surface area contributed by atoms with Gasteiger partial charge < -0.3 is 24.2 Å². The fourth-order valence-corrected chi connectivity index (χ4v) is 6.87. The molecule has 1 aliphatic heterocycles. The average molecular weight is 702 g/mol. The minimum Gasteiger partial charge on any atom is -0.497 e. The minimum atomic E-state index is -3.96. The first kappa shape index (κ1) is 37.5. The number of sulfonamides is 1. The van der Waals surface area contributed by atoms with Gasteiger partial charge in [-0.15, -0.1) is 0 Å². The van der Waals surface area contributed by atoms with Crippen LogP contribution in [0.3, 0.4) is 0 Å². The van der Waals surface area contributed by atoms with Gasteiger partial charge in [0.15, 0.2) is 0 Å². The number of benzene rings is 3. The molecule has 0 saturated carbocycles. The normalized spacial score (nSPS) is 20.4. The summed E-state index contributed by atoms with van der Waals surface area (Å²) in [5.74, 6) is 0.688. The van der Waals surface area contributed by atoms with Gasteiger partial charge in [-0.1, -0.05) is 30.7 Å². The van der Waals surface area contributed by atoms with E-state index in [1.54, 1.807) is 31.1 Å². The van der Waals surface area contributed by atoms with Gasteiger partial charge in [-0.25, -0.2) is 8.42 Å². The van der Waals surface area contributed by atoms with E-state index in [2.05, 4.69) is 16.5 Å². The van der Waals surface area contributed by atoms with Crippen molar-refractivity contribution in [2.45, 2.75) is 69.7 Å². The van der Waals surface area contributed by atoms with Crippen molar-refractivity contribution in [1.29, 1.82) is 0 Å². The highest BCUT2D eigenvalue weighted by atomic mass is 35.5. The van der Waals surface area contributed by atoms with E-state index >= 15 is 0 Å². The number of anilines is 1. The van der Waals surface area contributed by atoms with Crippen molar-refractivity contribution >= 4 is 33.2 Å². The largest absolute Gasteiger partial charge is 0.497 e. The number of halogens is 1. The maximum atomic E-state index is 14.4. The van der Waals surface area contributed by atoms with Crippen LogP contribution in [0.4, 0.5) is 5.69 Å². The summed E-state index contributed by atoms with van der Waals surface area (Å²) in [5.41, 5.74) is 1.56. The molecule has 10 nitrogen and oxygen atoms in total. The van der Waals surface area contributed by atoms with Crippen LogP contribution >= 0.6 is 11.6 Å². The van der Waals surface area contributed by atoms with E-state index in [4.69, 9.17) is 25.8 Å². The second kappa shape index (κ2) is 17.3. The summed E-state index contributed by atoms with van der Waals surface area (Å²) in [6.45, 7) is 7.77. The summed E-state index contributed by atoms with van der Waals surface area (Å²) < 4.78 is 47.0. The van der Waals surface area contributed by atoms with Crippen LogP contribution in [0.15, 0.2) is 71.6 Å². The first-order chi connectivity index (χ1) is 22.9. The first-order valence-electron chi connectivity index (χ1n) is 16.3. The zero-order valence-corrected chi connectivity index (χ0v) is 30.0. The number of amides is 1. The van der Waals surface area contributed by atoms with Crippen molar-refractivity contribution < 1.29 is 32.5 Å². The molecule has 4 atom stereocenters. The number of hydrogen-bond donors (Lipinski definition) is 2. The molecule has 0 radical (unpaired) electrons. The van der Waals surface area contributed by atoms with Crippen LogP contribution in [-0.2, 0) is 21.3 Å². The van der Waals surface area contributed by atoms with Crippen molar-refractivity contribution in [3.05, 3.63) is 82.9 Å². The smallest absolute Gasteiger partial charge is 0.261 e. The lowest BCUT2D eigenvalue weighted by molar-refractivity contribution is -0.0177. The van der Waals surface area contributed by atoms with Gasteiger partial charge in [0.25, 0.3) is 15.9 Å². The maximum absolute atomic E-state index is 14.4. The number of hydrogen-bond acceptors (Lipinski definition) is 8. The molecule has 1 aliphatic rings. The molecule has 3 aromatic rings. The predicted molar refractivity (Wildman–Crippen MR) is 188 cm³/mol. The molecule has 0 aromatic heterocycles. The molecule has 48 heavy (non-hydrogen) atoms. The zero-order chi connectivity index (χ0) is 34.8. The van der Waals surface area contributed by atoms with E-state index in [1.807, 2.05) is 38.2 Å². The molecule has 4 rings (SSSR count). The molecule has 1 heterocycles. The standard InChI is InChI=1S/C36H48ClN3O7S/c1-25-21-40(26(2)24-41)36(42)33-20-30(38-48(43,44)32-16-11-29(37)12-17-32)13-18-34(33)47-27(3)8-6-7-19-46-35(25)23-39(4)22-28-9-14-31(45-5)15-10-28/h9-18,20,25-27,35,38,41H,6-8,19,21-24H2,1-5H3/t25-,26-,27-,35+/m0/s1. The molecule has 12 heteroatoms. The zero-order valence-electron chi connectivity index (χ0n) is 28.4. The average Bonchev–Trinajstić information content (AvgIpc) is 3.06.